The molecular weight excluding hydrogens is 341 g/mol. The summed E-state index contributed by atoms with van der Waals surface area (Å²) in [7, 11) is 0.185. The zero-order valence-electron chi connectivity index (χ0n) is 11.8. The van der Waals surface area contributed by atoms with Crippen molar-refractivity contribution in [3.63, 3.8) is 0 Å². The van der Waals surface area contributed by atoms with Crippen LogP contribution in [0.2, 0.25) is 0 Å². The molecule has 0 bridgehead atoms. The maximum absolute atomic E-state index is 3.48. The fraction of sp³-hybridized carbons (Fsp3) is 0.692. The van der Waals surface area contributed by atoms with Gasteiger partial charge in [0.15, 0.2) is 0 Å². The summed E-state index contributed by atoms with van der Waals surface area (Å²) >= 11 is 0. The Kier molecular flexibility index (Phi) is 18.9. The molecule has 0 N–H and O–H groups in total. The summed E-state index contributed by atoms with van der Waals surface area (Å²) in [5.74, 6) is 0.697. The van der Waals surface area contributed by atoms with Gasteiger partial charge in [0, 0.05) is 21.7 Å². The zero-order valence-corrected chi connectivity index (χ0v) is 16.7. The van der Waals surface area contributed by atoms with Gasteiger partial charge >= 0.3 is 0 Å². The van der Waals surface area contributed by atoms with Crippen molar-refractivity contribution >= 4 is 45.1 Å². The molecule has 0 aromatic heterocycles. The number of rotatable bonds is 3. The Hall–Kier alpha value is 1.49. The van der Waals surface area contributed by atoms with E-state index in [1.54, 1.807) is 0 Å². The van der Waals surface area contributed by atoms with Gasteiger partial charge in [-0.15, -0.1) is 51.6 Å². The van der Waals surface area contributed by atoms with Gasteiger partial charge in [0.1, 0.15) is 0 Å². The number of hydrogen-bond acceptors (Lipinski definition) is 0. The van der Waals surface area contributed by atoms with Crippen molar-refractivity contribution in [2.75, 3.05) is 19.5 Å². The topological polar surface area (TPSA) is 0 Å². The molecule has 5 heteroatoms. The van der Waals surface area contributed by atoms with Crippen LogP contribution in [0.15, 0.2) is 17.7 Å². The standard InChI is InChI=1S/C13H22P.3ClH.Ti/c1-13(2,3)12(10-14(4)5)11-8-6-7-9-11;;;;/h6,8,12H,7,10H2,1-5H3;3*1H;/q-1;;;;. The largest absolute Gasteiger partial charge is 0.269 e. The van der Waals surface area contributed by atoms with Gasteiger partial charge in [0.05, 0.1) is 0 Å². The van der Waals surface area contributed by atoms with Crippen molar-refractivity contribution in [1.29, 1.82) is 0 Å². The minimum atomic E-state index is 0. The molecule has 0 aromatic rings. The van der Waals surface area contributed by atoms with E-state index in [1.807, 2.05) is 0 Å². The first kappa shape index (κ1) is 27.8. The van der Waals surface area contributed by atoms with Crippen molar-refractivity contribution in [3.05, 3.63) is 23.8 Å². The van der Waals surface area contributed by atoms with Gasteiger partial charge in [-0.3, -0.25) is 6.08 Å². The number of halogens is 3. The molecular formula is C13H25Cl3PTi-. The van der Waals surface area contributed by atoms with Crippen molar-refractivity contribution in [2.24, 2.45) is 11.3 Å². The Morgan fingerprint density at radius 1 is 1.22 bits per heavy atom. The molecule has 0 nitrogen and oxygen atoms in total. The van der Waals surface area contributed by atoms with Crippen molar-refractivity contribution < 1.29 is 21.7 Å². The summed E-state index contributed by atoms with van der Waals surface area (Å²) < 4.78 is 0. The molecule has 0 saturated carbocycles. The van der Waals surface area contributed by atoms with Crippen LogP contribution in [0, 0.1) is 17.4 Å². The van der Waals surface area contributed by atoms with E-state index in [2.05, 4.69) is 52.3 Å². The van der Waals surface area contributed by atoms with Crippen LogP contribution < -0.4 is 0 Å². The molecule has 0 amide bonds. The molecule has 18 heavy (non-hydrogen) atoms. The normalized spacial score (nSPS) is 14.7. The first-order valence-corrected chi connectivity index (χ1v) is 7.75. The van der Waals surface area contributed by atoms with Gasteiger partial charge in [-0.2, -0.15) is 6.08 Å². The summed E-state index contributed by atoms with van der Waals surface area (Å²) in [6.45, 7) is 11.8. The Balaban J connectivity index is -0.000000245. The van der Waals surface area contributed by atoms with E-state index < -0.39 is 0 Å². The molecule has 1 unspecified atom stereocenters. The van der Waals surface area contributed by atoms with Gasteiger partial charge in [-0.1, -0.05) is 20.8 Å². The Labute approximate surface area is 148 Å². The van der Waals surface area contributed by atoms with E-state index in [0.717, 1.165) is 6.42 Å². The van der Waals surface area contributed by atoms with Crippen LogP contribution in [0.25, 0.3) is 0 Å². The Bertz CT molecular complexity index is 257. The summed E-state index contributed by atoms with van der Waals surface area (Å²) in [4.78, 5) is 0. The molecule has 1 rings (SSSR count). The van der Waals surface area contributed by atoms with Crippen LogP contribution in [0.5, 0.6) is 0 Å². The van der Waals surface area contributed by atoms with Crippen LogP contribution in [0.4, 0.5) is 0 Å². The van der Waals surface area contributed by atoms with Crippen molar-refractivity contribution in [3.8, 4) is 0 Å². The van der Waals surface area contributed by atoms with Gasteiger partial charge in [0.2, 0.25) is 0 Å². The number of allylic oxidation sites excluding steroid dienone is 4. The van der Waals surface area contributed by atoms with E-state index in [1.165, 1.54) is 11.7 Å². The summed E-state index contributed by atoms with van der Waals surface area (Å²) in [5.41, 5.74) is 1.83. The second-order valence-corrected chi connectivity index (χ2v) is 7.94. The number of hydrogen-bond donors (Lipinski definition) is 0. The molecule has 1 aliphatic carbocycles. The molecule has 0 radical (unpaired) electrons. The van der Waals surface area contributed by atoms with Gasteiger partial charge in [-0.05, 0) is 30.8 Å². The summed E-state index contributed by atoms with van der Waals surface area (Å²) in [6, 6.07) is 0. The van der Waals surface area contributed by atoms with E-state index in [0.29, 0.717) is 11.3 Å². The van der Waals surface area contributed by atoms with Crippen LogP contribution >= 0.6 is 45.1 Å². The third kappa shape index (κ3) is 9.41. The fourth-order valence-corrected chi connectivity index (χ4v) is 3.34. The maximum atomic E-state index is 3.48. The van der Waals surface area contributed by atoms with E-state index in [-0.39, 0.29) is 66.9 Å². The SMILES string of the molecule is CP(C)CC(C1=[C-]CC=C1)C(C)(C)C.Cl.Cl.Cl.[Ti]. The van der Waals surface area contributed by atoms with Gasteiger partial charge in [-0.25, -0.2) is 11.6 Å². The Morgan fingerprint density at radius 3 is 2.00 bits per heavy atom. The summed E-state index contributed by atoms with van der Waals surface area (Å²) in [5, 5.41) is 0. The van der Waals surface area contributed by atoms with E-state index in [9.17, 15) is 0 Å². The quantitative estimate of drug-likeness (QED) is 0.359. The second-order valence-electron chi connectivity index (χ2n) is 5.42. The predicted octanol–water partition coefficient (Wildman–Crippen LogP) is 5.34. The molecule has 0 aromatic carbocycles. The maximum Gasteiger partial charge on any atom is 0 e. The van der Waals surface area contributed by atoms with Gasteiger partial charge < -0.3 is 0 Å². The van der Waals surface area contributed by atoms with Crippen LogP contribution in [0.3, 0.4) is 0 Å². The van der Waals surface area contributed by atoms with Crippen molar-refractivity contribution in [1.82, 2.24) is 0 Å². The second kappa shape index (κ2) is 12.3. The molecule has 0 spiro atoms. The smallest absolute Gasteiger partial charge is 0 e. The Morgan fingerprint density at radius 2 is 1.72 bits per heavy atom. The van der Waals surface area contributed by atoms with E-state index in [4.69, 9.17) is 0 Å². The molecule has 0 saturated heterocycles. The minimum absolute atomic E-state index is 0. The molecule has 1 atom stereocenters. The monoisotopic (exact) mass is 365 g/mol. The predicted molar refractivity (Wildman–Crippen MR) is 88.8 cm³/mol. The fourth-order valence-electron chi connectivity index (χ4n) is 1.86. The third-order valence-corrected chi connectivity index (χ3v) is 3.79. The van der Waals surface area contributed by atoms with E-state index >= 15 is 0 Å². The average molecular weight is 367 g/mol. The van der Waals surface area contributed by atoms with Crippen molar-refractivity contribution in [2.45, 2.75) is 27.2 Å². The first-order chi connectivity index (χ1) is 6.41. The van der Waals surface area contributed by atoms with Crippen LogP contribution in [-0.2, 0) is 21.7 Å². The first-order valence-electron chi connectivity index (χ1n) is 5.33. The average Bonchev–Trinajstić information content (AvgIpc) is 2.49. The summed E-state index contributed by atoms with van der Waals surface area (Å²) in [6.07, 6.45) is 10.3. The third-order valence-electron chi connectivity index (χ3n) is 2.69. The minimum Gasteiger partial charge on any atom is -0.269 e. The molecule has 0 fully saturated rings. The zero-order chi connectivity index (χ0) is 10.8. The van der Waals surface area contributed by atoms with Gasteiger partial charge in [0.25, 0.3) is 0 Å². The molecule has 0 heterocycles. The molecule has 108 valence electrons. The van der Waals surface area contributed by atoms with Crippen LogP contribution in [-0.4, -0.2) is 19.5 Å². The molecule has 0 aliphatic heterocycles. The molecule has 1 aliphatic rings. The van der Waals surface area contributed by atoms with Crippen LogP contribution in [0.1, 0.15) is 27.2 Å².